The number of hydrogen-bond donors (Lipinski definition) is 1. The predicted molar refractivity (Wildman–Crippen MR) is 125 cm³/mol. The zero-order valence-electron chi connectivity index (χ0n) is 17.0. The van der Waals surface area contributed by atoms with E-state index in [-0.39, 0.29) is 6.10 Å². The van der Waals surface area contributed by atoms with E-state index in [9.17, 15) is 0 Å². The summed E-state index contributed by atoms with van der Waals surface area (Å²) in [5, 5.41) is 5.89. The maximum Gasteiger partial charge on any atom is 0.138 e. The minimum absolute atomic E-state index is 0.209. The van der Waals surface area contributed by atoms with Gasteiger partial charge in [-0.1, -0.05) is 41.9 Å². The molecule has 0 amide bonds. The van der Waals surface area contributed by atoms with Gasteiger partial charge in [0.1, 0.15) is 22.8 Å². The largest absolute Gasteiger partial charge is 0.489 e. The lowest BCUT2D eigenvalue weighted by Gasteiger charge is -2.17. The van der Waals surface area contributed by atoms with E-state index in [0.29, 0.717) is 5.15 Å². The van der Waals surface area contributed by atoms with Crippen LogP contribution in [0.1, 0.15) is 12.0 Å². The zero-order chi connectivity index (χ0) is 21.0. The normalized spacial score (nSPS) is 16.5. The molecule has 0 bridgehead atoms. The van der Waals surface area contributed by atoms with Crippen LogP contribution in [0.25, 0.3) is 10.8 Å². The van der Waals surface area contributed by atoms with Gasteiger partial charge in [0, 0.05) is 31.2 Å². The SMILES string of the molecule is Clc1ccc(Nc2nccc3cc(OC4CCN(Cc5ccccc5)C4)ccc23)cn1. The molecule has 1 saturated heterocycles. The van der Waals surface area contributed by atoms with Crippen molar-refractivity contribution in [3.63, 3.8) is 0 Å². The minimum Gasteiger partial charge on any atom is -0.489 e. The summed E-state index contributed by atoms with van der Waals surface area (Å²) in [5.74, 6) is 1.67. The summed E-state index contributed by atoms with van der Waals surface area (Å²) in [4.78, 5) is 11.0. The van der Waals surface area contributed by atoms with Gasteiger partial charge in [-0.2, -0.15) is 0 Å². The van der Waals surface area contributed by atoms with Crippen LogP contribution in [0, 0.1) is 0 Å². The summed E-state index contributed by atoms with van der Waals surface area (Å²) < 4.78 is 6.32. The Bertz CT molecular complexity index is 1170. The first kappa shape index (κ1) is 19.8. The number of rotatable bonds is 6. The lowest BCUT2D eigenvalue weighted by atomic mass is 10.1. The lowest BCUT2D eigenvalue weighted by molar-refractivity contribution is 0.198. The van der Waals surface area contributed by atoms with E-state index in [0.717, 1.165) is 54.1 Å². The highest BCUT2D eigenvalue weighted by Gasteiger charge is 2.24. The first-order valence-corrected chi connectivity index (χ1v) is 10.8. The van der Waals surface area contributed by atoms with Crippen molar-refractivity contribution in [3.05, 3.63) is 89.8 Å². The van der Waals surface area contributed by atoms with E-state index in [4.69, 9.17) is 16.3 Å². The number of aromatic nitrogens is 2. The molecule has 1 unspecified atom stereocenters. The van der Waals surface area contributed by atoms with Crippen LogP contribution >= 0.6 is 11.6 Å². The number of nitrogens with one attached hydrogen (secondary N) is 1. The number of hydrogen-bond acceptors (Lipinski definition) is 5. The van der Waals surface area contributed by atoms with Crippen LogP contribution in [0.2, 0.25) is 5.15 Å². The highest BCUT2D eigenvalue weighted by atomic mass is 35.5. The second-order valence-electron chi connectivity index (χ2n) is 7.79. The van der Waals surface area contributed by atoms with Gasteiger partial charge in [0.2, 0.25) is 0 Å². The van der Waals surface area contributed by atoms with Crippen molar-refractivity contribution < 1.29 is 4.74 Å². The Morgan fingerprint density at radius 3 is 2.77 bits per heavy atom. The van der Waals surface area contributed by atoms with E-state index < -0.39 is 0 Å². The second-order valence-corrected chi connectivity index (χ2v) is 8.17. The smallest absolute Gasteiger partial charge is 0.138 e. The van der Waals surface area contributed by atoms with Gasteiger partial charge in [0.15, 0.2) is 0 Å². The van der Waals surface area contributed by atoms with Crippen LogP contribution in [0.15, 0.2) is 79.1 Å². The molecule has 3 heterocycles. The van der Waals surface area contributed by atoms with Crippen LogP contribution in [-0.2, 0) is 6.54 Å². The Morgan fingerprint density at radius 2 is 1.94 bits per heavy atom. The third kappa shape index (κ3) is 4.79. The maximum absolute atomic E-state index is 6.32. The van der Waals surface area contributed by atoms with E-state index in [1.54, 1.807) is 18.5 Å². The zero-order valence-corrected chi connectivity index (χ0v) is 17.8. The fourth-order valence-corrected chi connectivity index (χ4v) is 4.10. The first-order valence-electron chi connectivity index (χ1n) is 10.4. The first-order chi connectivity index (χ1) is 15.2. The lowest BCUT2D eigenvalue weighted by Crippen LogP contribution is -2.24. The Labute approximate surface area is 186 Å². The molecule has 1 fully saturated rings. The molecule has 1 atom stereocenters. The van der Waals surface area contributed by atoms with Crippen LogP contribution in [0.4, 0.5) is 11.5 Å². The van der Waals surface area contributed by atoms with Gasteiger partial charge < -0.3 is 10.1 Å². The number of likely N-dealkylation sites (tertiary alicyclic amines) is 1. The molecule has 0 spiro atoms. The van der Waals surface area contributed by atoms with Crippen molar-refractivity contribution in [1.82, 2.24) is 14.9 Å². The summed E-state index contributed by atoms with van der Waals surface area (Å²) in [6.07, 6.45) is 4.74. The highest BCUT2D eigenvalue weighted by molar-refractivity contribution is 6.29. The summed E-state index contributed by atoms with van der Waals surface area (Å²) in [6, 6.07) is 22.4. The monoisotopic (exact) mass is 430 g/mol. The average molecular weight is 431 g/mol. The number of fused-ring (bicyclic) bond motifs is 1. The fraction of sp³-hybridized carbons (Fsp3) is 0.200. The molecule has 0 saturated carbocycles. The van der Waals surface area contributed by atoms with E-state index in [1.807, 2.05) is 18.2 Å². The van der Waals surface area contributed by atoms with Crippen molar-refractivity contribution in [2.45, 2.75) is 19.1 Å². The van der Waals surface area contributed by atoms with E-state index in [1.165, 1.54) is 5.56 Å². The van der Waals surface area contributed by atoms with Crippen molar-refractivity contribution in [3.8, 4) is 5.75 Å². The van der Waals surface area contributed by atoms with Gasteiger partial charge in [0.05, 0.1) is 11.9 Å². The van der Waals surface area contributed by atoms with Gasteiger partial charge >= 0.3 is 0 Å². The van der Waals surface area contributed by atoms with Crippen molar-refractivity contribution in [2.75, 3.05) is 18.4 Å². The number of benzene rings is 2. The van der Waals surface area contributed by atoms with Gasteiger partial charge in [-0.05, 0) is 53.8 Å². The van der Waals surface area contributed by atoms with Crippen molar-refractivity contribution in [2.24, 2.45) is 0 Å². The Kier molecular flexibility index (Phi) is 5.69. The molecule has 0 radical (unpaired) electrons. The number of pyridine rings is 2. The third-order valence-corrected chi connectivity index (χ3v) is 5.73. The van der Waals surface area contributed by atoms with Crippen LogP contribution < -0.4 is 10.1 Å². The Balaban J connectivity index is 1.26. The molecule has 1 aliphatic rings. The number of halogens is 1. The summed E-state index contributed by atoms with van der Waals surface area (Å²) >= 11 is 5.87. The van der Waals surface area contributed by atoms with Crippen LogP contribution in [0.3, 0.4) is 0 Å². The molecule has 156 valence electrons. The fourth-order valence-electron chi connectivity index (χ4n) is 3.99. The Morgan fingerprint density at radius 1 is 1.03 bits per heavy atom. The molecular formula is C25H23ClN4O. The van der Waals surface area contributed by atoms with Gasteiger partial charge in [-0.3, -0.25) is 4.90 Å². The van der Waals surface area contributed by atoms with E-state index >= 15 is 0 Å². The van der Waals surface area contributed by atoms with E-state index in [2.05, 4.69) is 62.6 Å². The highest BCUT2D eigenvalue weighted by Crippen LogP contribution is 2.29. The molecule has 2 aromatic heterocycles. The van der Waals surface area contributed by atoms with Crippen molar-refractivity contribution >= 4 is 33.9 Å². The summed E-state index contributed by atoms with van der Waals surface area (Å²) in [6.45, 7) is 2.97. The molecule has 1 N–H and O–H groups in total. The molecule has 5 rings (SSSR count). The number of ether oxygens (including phenoxy) is 1. The predicted octanol–water partition coefficient (Wildman–Crippen LogP) is 5.68. The number of nitrogens with zero attached hydrogens (tertiary/aromatic N) is 3. The van der Waals surface area contributed by atoms with Gasteiger partial charge in [-0.15, -0.1) is 0 Å². The Hall–Kier alpha value is -3.15. The average Bonchev–Trinajstić information content (AvgIpc) is 3.22. The second kappa shape index (κ2) is 8.92. The quantitative estimate of drug-likeness (QED) is 0.399. The summed E-state index contributed by atoms with van der Waals surface area (Å²) in [5.41, 5.74) is 2.19. The van der Waals surface area contributed by atoms with Gasteiger partial charge in [-0.25, -0.2) is 9.97 Å². The molecule has 0 aliphatic carbocycles. The van der Waals surface area contributed by atoms with Crippen molar-refractivity contribution in [1.29, 1.82) is 0 Å². The molecule has 2 aromatic carbocycles. The molecular weight excluding hydrogens is 408 g/mol. The molecule has 31 heavy (non-hydrogen) atoms. The van der Waals surface area contributed by atoms with Crippen LogP contribution in [0.5, 0.6) is 5.75 Å². The third-order valence-electron chi connectivity index (χ3n) is 5.51. The molecule has 5 nitrogen and oxygen atoms in total. The molecule has 1 aliphatic heterocycles. The minimum atomic E-state index is 0.209. The molecule has 4 aromatic rings. The maximum atomic E-state index is 6.32. The topological polar surface area (TPSA) is 50.3 Å². The molecule has 6 heteroatoms. The standard InChI is InChI=1S/C25H23ClN4O/c26-24-9-6-20(15-28-24)29-25-23-8-7-21(14-19(23)10-12-27-25)31-22-11-13-30(17-22)16-18-4-2-1-3-5-18/h1-10,12,14-15,22H,11,13,16-17H2,(H,27,29). The summed E-state index contributed by atoms with van der Waals surface area (Å²) in [7, 11) is 0. The van der Waals surface area contributed by atoms with Gasteiger partial charge in [0.25, 0.3) is 0 Å². The van der Waals surface area contributed by atoms with Crippen LogP contribution in [-0.4, -0.2) is 34.1 Å². The number of anilines is 2.